The Morgan fingerprint density at radius 2 is 1.53 bits per heavy atom. The van der Waals surface area contributed by atoms with E-state index in [2.05, 4.69) is 31.2 Å². The number of carbonyl (C=O) groups is 1. The monoisotopic (exact) mass is 507 g/mol. The van der Waals surface area contributed by atoms with Crippen LogP contribution in [0.2, 0.25) is 0 Å². The van der Waals surface area contributed by atoms with Gasteiger partial charge >= 0.3 is 0 Å². The fourth-order valence-electron chi connectivity index (χ4n) is 3.05. The summed E-state index contributed by atoms with van der Waals surface area (Å²) in [5.41, 5.74) is 1.81. The van der Waals surface area contributed by atoms with E-state index in [1.54, 1.807) is 60.7 Å². The lowest BCUT2D eigenvalue weighted by molar-refractivity contribution is 0.102. The smallest absolute Gasteiger partial charge is 0.276 e. The Kier molecular flexibility index (Phi) is 6.34. The summed E-state index contributed by atoms with van der Waals surface area (Å²) in [5, 5.41) is 8.47. The number of halogens is 1. The number of amides is 1. The van der Waals surface area contributed by atoms with Crippen LogP contribution in [0, 0.1) is 0 Å². The Morgan fingerprint density at radius 1 is 0.844 bits per heavy atom. The van der Waals surface area contributed by atoms with Crippen LogP contribution >= 0.6 is 15.9 Å². The SMILES string of the molecule is O=C(Nc1ccc(C=NNS(=O)(=O)c2ccc3ccccc3c2)cc1)c1ccccc1Br. The number of anilines is 1. The largest absolute Gasteiger partial charge is 0.322 e. The van der Waals surface area contributed by atoms with Gasteiger partial charge < -0.3 is 5.32 Å². The first-order valence-electron chi connectivity index (χ1n) is 9.62. The number of nitrogens with zero attached hydrogens (tertiary/aromatic N) is 1. The molecule has 0 aliphatic heterocycles. The Labute approximate surface area is 194 Å². The zero-order chi connectivity index (χ0) is 22.6. The van der Waals surface area contributed by atoms with Crippen molar-refractivity contribution in [2.75, 3.05) is 5.32 Å². The summed E-state index contributed by atoms with van der Waals surface area (Å²) < 4.78 is 25.8. The lowest BCUT2D eigenvalue weighted by Crippen LogP contribution is -2.18. The normalized spacial score (nSPS) is 11.5. The van der Waals surface area contributed by atoms with Crippen LogP contribution in [0.1, 0.15) is 15.9 Å². The maximum absolute atomic E-state index is 12.5. The van der Waals surface area contributed by atoms with Crippen molar-refractivity contribution in [1.29, 1.82) is 0 Å². The van der Waals surface area contributed by atoms with Crippen molar-refractivity contribution in [3.8, 4) is 0 Å². The van der Waals surface area contributed by atoms with Gasteiger partial charge in [0.05, 0.1) is 16.7 Å². The van der Waals surface area contributed by atoms with Gasteiger partial charge in [-0.3, -0.25) is 4.79 Å². The number of nitrogens with one attached hydrogen (secondary N) is 2. The van der Waals surface area contributed by atoms with Crippen molar-refractivity contribution in [2.45, 2.75) is 4.90 Å². The summed E-state index contributed by atoms with van der Waals surface area (Å²) in [6.45, 7) is 0. The Morgan fingerprint density at radius 3 is 2.28 bits per heavy atom. The third-order valence-corrected chi connectivity index (χ3v) is 6.62. The van der Waals surface area contributed by atoms with Crippen LogP contribution in [-0.4, -0.2) is 20.5 Å². The first-order valence-corrected chi connectivity index (χ1v) is 11.9. The van der Waals surface area contributed by atoms with E-state index >= 15 is 0 Å². The predicted octanol–water partition coefficient (Wildman–Crippen LogP) is 5.17. The average molecular weight is 508 g/mol. The van der Waals surface area contributed by atoms with E-state index < -0.39 is 10.0 Å². The standard InChI is InChI=1S/C24H18BrN3O3S/c25-23-8-4-3-7-22(23)24(29)27-20-12-9-17(10-13-20)16-26-28-32(30,31)21-14-11-18-5-1-2-6-19(18)15-21/h1-16,28H,(H,27,29). The predicted molar refractivity (Wildman–Crippen MR) is 130 cm³/mol. The van der Waals surface area contributed by atoms with E-state index in [9.17, 15) is 13.2 Å². The zero-order valence-electron chi connectivity index (χ0n) is 16.7. The third kappa shape index (κ3) is 5.04. The molecular weight excluding hydrogens is 490 g/mol. The summed E-state index contributed by atoms with van der Waals surface area (Å²) in [4.78, 5) is 14.7. The van der Waals surface area contributed by atoms with Gasteiger partial charge in [0.25, 0.3) is 15.9 Å². The average Bonchev–Trinajstić information content (AvgIpc) is 2.80. The molecule has 0 radical (unpaired) electrons. The van der Waals surface area contributed by atoms with Gasteiger partial charge in [-0.15, -0.1) is 0 Å². The van der Waals surface area contributed by atoms with Crippen molar-refractivity contribution in [1.82, 2.24) is 4.83 Å². The molecule has 4 aromatic carbocycles. The van der Waals surface area contributed by atoms with Crippen molar-refractivity contribution < 1.29 is 13.2 Å². The second-order valence-electron chi connectivity index (χ2n) is 6.92. The van der Waals surface area contributed by atoms with Gasteiger partial charge in [0.15, 0.2) is 0 Å². The van der Waals surface area contributed by atoms with E-state index in [-0.39, 0.29) is 10.8 Å². The molecule has 4 aromatic rings. The Hall–Kier alpha value is -3.49. The molecule has 32 heavy (non-hydrogen) atoms. The molecule has 0 fully saturated rings. The molecule has 2 N–H and O–H groups in total. The summed E-state index contributed by atoms with van der Waals surface area (Å²) in [6, 6.07) is 26.5. The van der Waals surface area contributed by atoms with E-state index in [0.29, 0.717) is 21.3 Å². The molecule has 0 aromatic heterocycles. The van der Waals surface area contributed by atoms with Crippen LogP contribution < -0.4 is 10.1 Å². The van der Waals surface area contributed by atoms with E-state index in [1.165, 1.54) is 6.21 Å². The molecule has 0 aliphatic rings. The second kappa shape index (κ2) is 9.33. The van der Waals surface area contributed by atoms with E-state index in [0.717, 1.165) is 10.8 Å². The van der Waals surface area contributed by atoms with Crippen LogP contribution in [0.5, 0.6) is 0 Å². The quantitative estimate of drug-likeness (QED) is 0.278. The van der Waals surface area contributed by atoms with Gasteiger partial charge in [-0.2, -0.15) is 13.5 Å². The van der Waals surface area contributed by atoms with Gasteiger partial charge in [-0.1, -0.05) is 54.6 Å². The van der Waals surface area contributed by atoms with Gasteiger partial charge in [0.1, 0.15) is 0 Å². The molecule has 0 heterocycles. The highest BCUT2D eigenvalue weighted by Gasteiger charge is 2.13. The molecule has 0 saturated carbocycles. The number of sulfonamides is 1. The maximum atomic E-state index is 12.5. The number of fused-ring (bicyclic) bond motifs is 1. The minimum Gasteiger partial charge on any atom is -0.322 e. The summed E-state index contributed by atoms with van der Waals surface area (Å²) >= 11 is 3.36. The van der Waals surface area contributed by atoms with Crippen molar-refractivity contribution in [3.05, 3.63) is 107 Å². The van der Waals surface area contributed by atoms with E-state index in [4.69, 9.17) is 0 Å². The van der Waals surface area contributed by atoms with Gasteiger partial charge in [-0.25, -0.2) is 4.83 Å². The number of rotatable bonds is 6. The number of hydrazone groups is 1. The highest BCUT2D eigenvalue weighted by molar-refractivity contribution is 9.10. The summed E-state index contributed by atoms with van der Waals surface area (Å²) in [6.07, 6.45) is 1.40. The topological polar surface area (TPSA) is 87.6 Å². The second-order valence-corrected chi connectivity index (χ2v) is 9.43. The minimum atomic E-state index is -3.79. The lowest BCUT2D eigenvalue weighted by atomic mass is 10.1. The van der Waals surface area contributed by atoms with Crippen LogP contribution in [0.25, 0.3) is 10.8 Å². The van der Waals surface area contributed by atoms with Crippen molar-refractivity contribution >= 4 is 54.5 Å². The molecule has 1 amide bonds. The zero-order valence-corrected chi connectivity index (χ0v) is 19.1. The molecule has 8 heteroatoms. The fraction of sp³-hybridized carbons (Fsp3) is 0. The number of carbonyl (C=O) groups excluding carboxylic acids is 1. The first kappa shape index (κ1) is 21.7. The van der Waals surface area contributed by atoms with Crippen LogP contribution in [0.3, 0.4) is 0 Å². The third-order valence-electron chi connectivity index (χ3n) is 4.70. The summed E-state index contributed by atoms with van der Waals surface area (Å²) in [7, 11) is -3.79. The van der Waals surface area contributed by atoms with Gasteiger partial charge in [-0.05, 0) is 68.7 Å². The highest BCUT2D eigenvalue weighted by atomic mass is 79.9. The van der Waals surface area contributed by atoms with Crippen molar-refractivity contribution in [2.24, 2.45) is 5.10 Å². The molecule has 0 atom stereocenters. The Balaban J connectivity index is 1.41. The number of hydrogen-bond donors (Lipinski definition) is 2. The number of hydrogen-bond acceptors (Lipinski definition) is 4. The lowest BCUT2D eigenvalue weighted by Gasteiger charge is -2.07. The Bertz CT molecular complexity index is 1420. The molecule has 4 rings (SSSR count). The fourth-order valence-corrected chi connectivity index (χ4v) is 4.34. The van der Waals surface area contributed by atoms with Gasteiger partial charge in [0, 0.05) is 10.2 Å². The molecule has 0 unspecified atom stereocenters. The first-order chi connectivity index (χ1) is 15.4. The summed E-state index contributed by atoms with van der Waals surface area (Å²) in [5.74, 6) is -0.234. The van der Waals surface area contributed by atoms with Crippen LogP contribution in [-0.2, 0) is 10.0 Å². The maximum Gasteiger partial charge on any atom is 0.276 e. The molecule has 0 aliphatic carbocycles. The van der Waals surface area contributed by atoms with Crippen LogP contribution in [0.15, 0.2) is 105 Å². The molecule has 0 saturated heterocycles. The van der Waals surface area contributed by atoms with Gasteiger partial charge in [0.2, 0.25) is 0 Å². The minimum absolute atomic E-state index is 0.137. The molecule has 160 valence electrons. The number of benzene rings is 4. The molecular formula is C24H18BrN3O3S. The van der Waals surface area contributed by atoms with Crippen LogP contribution in [0.4, 0.5) is 5.69 Å². The molecule has 6 nitrogen and oxygen atoms in total. The highest BCUT2D eigenvalue weighted by Crippen LogP contribution is 2.19. The van der Waals surface area contributed by atoms with Crippen molar-refractivity contribution in [3.63, 3.8) is 0 Å². The molecule has 0 spiro atoms. The van der Waals surface area contributed by atoms with E-state index in [1.807, 2.05) is 30.3 Å². The molecule has 0 bridgehead atoms.